The maximum absolute atomic E-state index is 14.4. The van der Waals surface area contributed by atoms with E-state index in [4.69, 9.17) is 4.74 Å². The van der Waals surface area contributed by atoms with Crippen LogP contribution in [-0.4, -0.2) is 49.6 Å². The van der Waals surface area contributed by atoms with Crippen LogP contribution in [0.1, 0.15) is 93.2 Å². The Hall–Kier alpha value is -2.30. The van der Waals surface area contributed by atoms with Crippen LogP contribution in [0.2, 0.25) is 0 Å². The summed E-state index contributed by atoms with van der Waals surface area (Å²) in [4.78, 5) is 16.4. The molecule has 0 radical (unpaired) electrons. The van der Waals surface area contributed by atoms with Crippen molar-refractivity contribution in [1.29, 1.82) is 0 Å². The van der Waals surface area contributed by atoms with Crippen molar-refractivity contribution in [1.82, 2.24) is 20.3 Å². The van der Waals surface area contributed by atoms with E-state index in [1.54, 1.807) is 0 Å². The molecule has 5 unspecified atom stereocenters. The summed E-state index contributed by atoms with van der Waals surface area (Å²) in [5, 5.41) is 6.30. The molecule has 6 atom stereocenters. The van der Waals surface area contributed by atoms with Crippen molar-refractivity contribution in [3.05, 3.63) is 70.3 Å². The Kier molecular flexibility index (Phi) is 9.69. The zero-order valence-corrected chi connectivity index (χ0v) is 27.5. The zero-order valence-electron chi connectivity index (χ0n) is 26.7. The number of ether oxygens (including phenoxy) is 1. The van der Waals surface area contributed by atoms with Crippen LogP contribution in [0.5, 0.6) is 0 Å². The topological polar surface area (TPSA) is 99.8 Å². The van der Waals surface area contributed by atoms with Crippen LogP contribution in [0.25, 0.3) is 0 Å². The third-order valence-corrected chi connectivity index (χ3v) is 11.1. The Balaban J connectivity index is 1.54. The van der Waals surface area contributed by atoms with Gasteiger partial charge in [-0.3, -0.25) is 15.4 Å². The summed E-state index contributed by atoms with van der Waals surface area (Å²) in [7, 11) is -3.72. The first-order valence-corrected chi connectivity index (χ1v) is 17.4. The Labute approximate surface area is 258 Å². The molecule has 4 bridgehead atoms. The van der Waals surface area contributed by atoms with Crippen molar-refractivity contribution in [3.8, 4) is 0 Å². The van der Waals surface area contributed by atoms with E-state index in [0.29, 0.717) is 45.3 Å². The van der Waals surface area contributed by atoms with Gasteiger partial charge in [-0.05, 0) is 74.1 Å². The Morgan fingerprint density at radius 1 is 0.977 bits per heavy atom. The van der Waals surface area contributed by atoms with E-state index in [9.17, 15) is 13.2 Å². The van der Waals surface area contributed by atoms with Gasteiger partial charge in [-0.25, -0.2) is 8.42 Å². The molecule has 3 fully saturated rings. The molecule has 3 aliphatic rings. The van der Waals surface area contributed by atoms with E-state index in [2.05, 4.69) is 93.3 Å². The predicted octanol–water partition coefficient (Wildman–Crippen LogP) is 5.19. The Bertz CT molecular complexity index is 1390. The fourth-order valence-corrected chi connectivity index (χ4v) is 8.90. The molecular weight excluding hydrogens is 560 g/mol. The lowest BCUT2D eigenvalue weighted by Crippen LogP contribution is -2.64. The van der Waals surface area contributed by atoms with Crippen LogP contribution in [0.4, 0.5) is 0 Å². The summed E-state index contributed by atoms with van der Waals surface area (Å²) in [6.07, 6.45) is 2.60. The first-order valence-electron chi connectivity index (χ1n) is 15.9. The van der Waals surface area contributed by atoms with Crippen LogP contribution in [0.15, 0.2) is 42.5 Å². The number of sulfonamides is 1. The summed E-state index contributed by atoms with van der Waals surface area (Å²) < 4.78 is 37.2. The van der Waals surface area contributed by atoms with Crippen LogP contribution >= 0.6 is 0 Å². The molecule has 2 aliphatic heterocycles. The van der Waals surface area contributed by atoms with Crippen LogP contribution in [0, 0.1) is 32.1 Å². The van der Waals surface area contributed by atoms with Crippen LogP contribution in [-0.2, 0) is 26.1 Å². The first-order chi connectivity index (χ1) is 20.3. The number of amides is 1. The van der Waals surface area contributed by atoms with E-state index >= 15 is 0 Å². The molecule has 8 nitrogen and oxygen atoms in total. The van der Waals surface area contributed by atoms with Crippen molar-refractivity contribution in [2.24, 2.45) is 11.3 Å². The van der Waals surface area contributed by atoms with E-state index < -0.39 is 27.8 Å². The van der Waals surface area contributed by atoms with Crippen LogP contribution in [0.3, 0.4) is 0 Å². The summed E-state index contributed by atoms with van der Waals surface area (Å²) in [5.41, 5.74) is 5.68. The maximum Gasteiger partial charge on any atom is 0.226 e. The summed E-state index contributed by atoms with van der Waals surface area (Å²) in [6.45, 7) is 13.7. The number of fused-ring (bicyclic) bond motifs is 4. The van der Waals surface area contributed by atoms with Gasteiger partial charge < -0.3 is 9.64 Å². The number of rotatable bonds is 4. The second-order valence-electron chi connectivity index (χ2n) is 14.2. The largest absolute Gasteiger partial charge is 0.361 e. The standard InChI is InChI=1S/C34H50N4O4S/c1-22-10-7-13-25(16-22)20-38-27(19-34(4,5)6)21-42-30-18-29(31-23(2)11-8-12-24(31)3)35-33(36-30)37-43(40,41)28-15-9-14-26(17-28)32(38)39/h7-8,10-13,16,26-30,33,35-37H,9,14-15,17-21H2,1-6H3/t26?,27-,28?,29?,30?,33?/m1/s1. The quantitative estimate of drug-likeness (QED) is 0.441. The van der Waals surface area contributed by atoms with Gasteiger partial charge in [0.2, 0.25) is 15.9 Å². The molecule has 3 N–H and O–H groups in total. The molecule has 236 valence electrons. The predicted molar refractivity (Wildman–Crippen MR) is 170 cm³/mol. The van der Waals surface area contributed by atoms with Gasteiger partial charge in [0.1, 0.15) is 12.5 Å². The molecule has 1 amide bonds. The molecular formula is C34H50N4O4S. The highest BCUT2D eigenvalue weighted by Gasteiger charge is 2.42. The molecule has 2 aromatic carbocycles. The second-order valence-corrected chi connectivity index (χ2v) is 16.2. The fourth-order valence-electron chi connectivity index (χ4n) is 7.28. The molecule has 9 heteroatoms. The van der Waals surface area contributed by atoms with E-state index in [0.717, 1.165) is 28.7 Å². The third kappa shape index (κ3) is 7.87. The van der Waals surface area contributed by atoms with Gasteiger partial charge in [-0.15, -0.1) is 0 Å². The summed E-state index contributed by atoms with van der Waals surface area (Å²) in [6, 6.07) is 14.3. The SMILES string of the molecule is Cc1cccc(CN2C(=O)C3CCCC(C3)S(=O)(=O)NC3NC(CC(c4c(C)cccc4C)N3)OC[C@H]2CC(C)(C)C)c1. The van der Waals surface area contributed by atoms with Gasteiger partial charge in [0, 0.05) is 24.9 Å². The third-order valence-electron chi connectivity index (χ3n) is 9.25. The number of nitrogens with zero attached hydrogens (tertiary/aromatic N) is 1. The number of carbonyl (C=O) groups is 1. The summed E-state index contributed by atoms with van der Waals surface area (Å²) in [5.74, 6) is -0.299. The van der Waals surface area contributed by atoms with Crippen molar-refractivity contribution < 1.29 is 17.9 Å². The molecule has 2 heterocycles. The number of aryl methyl sites for hydroxylation is 3. The van der Waals surface area contributed by atoms with Gasteiger partial charge >= 0.3 is 0 Å². The average molecular weight is 611 g/mol. The lowest BCUT2D eigenvalue weighted by Gasteiger charge is -2.41. The number of hydrogen-bond acceptors (Lipinski definition) is 6. The lowest BCUT2D eigenvalue weighted by atomic mass is 9.85. The number of benzene rings is 2. The first kappa shape index (κ1) is 32.1. The van der Waals surface area contributed by atoms with Crippen LogP contribution < -0.4 is 15.4 Å². The fraction of sp³-hybridized carbons (Fsp3) is 0.618. The molecule has 0 spiro atoms. The number of nitrogens with one attached hydrogen (secondary N) is 3. The Morgan fingerprint density at radius 3 is 2.40 bits per heavy atom. The summed E-state index contributed by atoms with van der Waals surface area (Å²) >= 11 is 0. The lowest BCUT2D eigenvalue weighted by molar-refractivity contribution is -0.143. The van der Waals surface area contributed by atoms with Crippen molar-refractivity contribution in [3.63, 3.8) is 0 Å². The monoisotopic (exact) mass is 610 g/mol. The van der Waals surface area contributed by atoms with Gasteiger partial charge in [0.25, 0.3) is 0 Å². The second kappa shape index (κ2) is 13.0. The average Bonchev–Trinajstić information content (AvgIpc) is 2.92. The molecule has 2 saturated heterocycles. The van der Waals surface area contributed by atoms with Gasteiger partial charge in [0.15, 0.2) is 0 Å². The highest BCUT2D eigenvalue weighted by molar-refractivity contribution is 7.90. The maximum atomic E-state index is 14.4. The van der Waals surface area contributed by atoms with E-state index in [1.807, 2.05) is 11.0 Å². The van der Waals surface area contributed by atoms with Gasteiger partial charge in [0.05, 0.1) is 17.9 Å². The minimum atomic E-state index is -3.72. The zero-order chi connectivity index (χ0) is 30.9. The smallest absolute Gasteiger partial charge is 0.226 e. The molecule has 0 aromatic heterocycles. The molecule has 2 aromatic rings. The molecule has 43 heavy (non-hydrogen) atoms. The molecule has 1 saturated carbocycles. The Morgan fingerprint density at radius 2 is 1.70 bits per heavy atom. The van der Waals surface area contributed by atoms with E-state index in [-0.39, 0.29) is 29.3 Å². The van der Waals surface area contributed by atoms with Crippen molar-refractivity contribution >= 4 is 15.9 Å². The minimum Gasteiger partial charge on any atom is -0.361 e. The molecule has 5 rings (SSSR count). The van der Waals surface area contributed by atoms with E-state index in [1.165, 1.54) is 5.56 Å². The number of carbonyl (C=O) groups excluding carboxylic acids is 1. The highest BCUT2D eigenvalue weighted by atomic mass is 32.2. The minimum absolute atomic E-state index is 0.0426. The van der Waals surface area contributed by atoms with Gasteiger partial charge in [-0.1, -0.05) is 75.2 Å². The van der Waals surface area contributed by atoms with Crippen molar-refractivity contribution in [2.75, 3.05) is 6.61 Å². The normalized spacial score (nSPS) is 30.2. The van der Waals surface area contributed by atoms with Crippen molar-refractivity contribution in [2.45, 2.75) is 116 Å². The van der Waals surface area contributed by atoms with Gasteiger partial charge in [-0.2, -0.15) is 4.72 Å². The number of hydrogen-bond donors (Lipinski definition) is 3. The highest BCUT2D eigenvalue weighted by Crippen LogP contribution is 2.35. The molecule has 1 aliphatic carbocycles.